The molecule has 1 N–H and O–H groups in total. The van der Waals surface area contributed by atoms with Crippen molar-refractivity contribution in [3.05, 3.63) is 35.4 Å². The van der Waals surface area contributed by atoms with E-state index in [-0.39, 0.29) is 0 Å². The normalized spacial score (nSPS) is 26.4. The van der Waals surface area contributed by atoms with Crippen molar-refractivity contribution in [2.45, 2.75) is 64.1 Å². The lowest BCUT2D eigenvalue weighted by atomic mass is 10.0. The summed E-state index contributed by atoms with van der Waals surface area (Å²) in [6, 6.07) is 11.0. The molecule has 0 spiro atoms. The minimum Gasteiger partial charge on any atom is -0.306 e. The Morgan fingerprint density at radius 2 is 1.80 bits per heavy atom. The number of benzene rings is 1. The zero-order valence-corrected chi connectivity index (χ0v) is 12.9. The van der Waals surface area contributed by atoms with Crippen LogP contribution in [-0.2, 0) is 6.42 Å². The molecule has 2 nitrogen and oxygen atoms in total. The van der Waals surface area contributed by atoms with Gasteiger partial charge in [0, 0.05) is 18.1 Å². The molecule has 20 heavy (non-hydrogen) atoms. The zero-order valence-electron chi connectivity index (χ0n) is 12.9. The van der Waals surface area contributed by atoms with Gasteiger partial charge in [0.25, 0.3) is 0 Å². The van der Waals surface area contributed by atoms with Gasteiger partial charge in [-0.2, -0.15) is 0 Å². The number of rotatable bonds is 5. The van der Waals surface area contributed by atoms with Gasteiger partial charge in [-0.15, -0.1) is 0 Å². The summed E-state index contributed by atoms with van der Waals surface area (Å²) in [6.45, 7) is 6.88. The third-order valence-corrected chi connectivity index (χ3v) is 5.26. The van der Waals surface area contributed by atoms with Gasteiger partial charge in [-0.05, 0) is 43.5 Å². The summed E-state index contributed by atoms with van der Waals surface area (Å²) in [5, 5.41) is 3.99. The van der Waals surface area contributed by atoms with Crippen LogP contribution in [0.25, 0.3) is 0 Å². The molecule has 2 aliphatic carbocycles. The molecule has 0 heterocycles. The highest BCUT2D eigenvalue weighted by Crippen LogP contribution is 2.36. The molecule has 0 amide bonds. The van der Waals surface area contributed by atoms with E-state index in [1.54, 1.807) is 11.1 Å². The Labute approximate surface area is 123 Å². The van der Waals surface area contributed by atoms with Crippen LogP contribution in [0.4, 0.5) is 0 Å². The number of fused-ring (bicyclic) bond motifs is 1. The molecule has 3 rings (SSSR count). The van der Waals surface area contributed by atoms with E-state index >= 15 is 0 Å². The Kier molecular flexibility index (Phi) is 4.42. The van der Waals surface area contributed by atoms with E-state index in [2.05, 4.69) is 48.3 Å². The molecule has 0 saturated heterocycles. The Morgan fingerprint density at radius 1 is 1.10 bits per heavy atom. The molecule has 1 saturated carbocycles. The highest BCUT2D eigenvalue weighted by atomic mass is 15.2. The van der Waals surface area contributed by atoms with Gasteiger partial charge in [-0.1, -0.05) is 51.0 Å². The van der Waals surface area contributed by atoms with Crippen molar-refractivity contribution in [3.8, 4) is 0 Å². The van der Waals surface area contributed by atoms with Crippen molar-refractivity contribution in [3.63, 3.8) is 0 Å². The topological polar surface area (TPSA) is 15.3 Å². The zero-order chi connectivity index (χ0) is 13.9. The SMILES string of the molecule is CCN(CC)C1Cc2ccccc2C1NC1CCCC1. The van der Waals surface area contributed by atoms with E-state index in [9.17, 15) is 0 Å². The van der Waals surface area contributed by atoms with Crippen molar-refractivity contribution in [2.24, 2.45) is 0 Å². The molecule has 2 aliphatic rings. The van der Waals surface area contributed by atoms with E-state index in [4.69, 9.17) is 0 Å². The van der Waals surface area contributed by atoms with Crippen LogP contribution in [0, 0.1) is 0 Å². The summed E-state index contributed by atoms with van der Waals surface area (Å²) in [4.78, 5) is 2.63. The predicted octanol–water partition coefficient (Wildman–Crippen LogP) is 3.53. The molecule has 0 aliphatic heterocycles. The quantitative estimate of drug-likeness (QED) is 0.882. The molecule has 0 radical (unpaired) electrons. The summed E-state index contributed by atoms with van der Waals surface area (Å²) < 4.78 is 0. The third-order valence-electron chi connectivity index (χ3n) is 5.26. The van der Waals surface area contributed by atoms with Gasteiger partial charge >= 0.3 is 0 Å². The molecule has 0 aromatic heterocycles. The van der Waals surface area contributed by atoms with Crippen LogP contribution in [0.15, 0.2) is 24.3 Å². The molecule has 1 aromatic rings. The summed E-state index contributed by atoms with van der Waals surface area (Å²) in [5.74, 6) is 0. The van der Waals surface area contributed by atoms with Crippen LogP contribution in [0.2, 0.25) is 0 Å². The van der Waals surface area contributed by atoms with Gasteiger partial charge in [0.2, 0.25) is 0 Å². The largest absolute Gasteiger partial charge is 0.306 e. The van der Waals surface area contributed by atoms with Gasteiger partial charge in [-0.3, -0.25) is 4.90 Å². The number of likely N-dealkylation sites (N-methyl/N-ethyl adjacent to an activating group) is 1. The van der Waals surface area contributed by atoms with E-state index in [0.717, 1.165) is 19.1 Å². The Morgan fingerprint density at radius 3 is 2.50 bits per heavy atom. The molecule has 2 atom stereocenters. The third kappa shape index (κ3) is 2.64. The molecule has 1 aromatic carbocycles. The maximum atomic E-state index is 3.99. The molecule has 1 fully saturated rings. The fraction of sp³-hybridized carbons (Fsp3) is 0.667. The number of nitrogens with one attached hydrogen (secondary N) is 1. The molecule has 2 unspecified atom stereocenters. The van der Waals surface area contributed by atoms with Gasteiger partial charge in [0.1, 0.15) is 0 Å². The minimum atomic E-state index is 0.536. The van der Waals surface area contributed by atoms with E-state index < -0.39 is 0 Å². The maximum Gasteiger partial charge on any atom is 0.0486 e. The lowest BCUT2D eigenvalue weighted by Gasteiger charge is -2.33. The Bertz CT molecular complexity index is 433. The lowest BCUT2D eigenvalue weighted by molar-refractivity contribution is 0.175. The van der Waals surface area contributed by atoms with Crippen LogP contribution < -0.4 is 5.32 Å². The van der Waals surface area contributed by atoms with Crippen LogP contribution in [0.5, 0.6) is 0 Å². The monoisotopic (exact) mass is 272 g/mol. The van der Waals surface area contributed by atoms with Gasteiger partial charge in [-0.25, -0.2) is 0 Å². The second kappa shape index (κ2) is 6.28. The highest BCUT2D eigenvalue weighted by molar-refractivity contribution is 5.37. The van der Waals surface area contributed by atoms with E-state index in [1.807, 2.05) is 0 Å². The fourth-order valence-corrected chi connectivity index (χ4v) is 4.15. The molecular weight excluding hydrogens is 244 g/mol. The molecule has 2 heteroatoms. The first-order valence-electron chi connectivity index (χ1n) is 8.41. The minimum absolute atomic E-state index is 0.536. The predicted molar refractivity (Wildman–Crippen MR) is 85.0 cm³/mol. The van der Waals surface area contributed by atoms with Crippen LogP contribution >= 0.6 is 0 Å². The van der Waals surface area contributed by atoms with Crippen LogP contribution in [0.3, 0.4) is 0 Å². The Hall–Kier alpha value is -0.860. The summed E-state index contributed by atoms with van der Waals surface area (Å²) >= 11 is 0. The first kappa shape index (κ1) is 14.1. The van der Waals surface area contributed by atoms with E-state index in [0.29, 0.717) is 12.1 Å². The van der Waals surface area contributed by atoms with Gasteiger partial charge in [0.05, 0.1) is 0 Å². The standard InChI is InChI=1S/C18H28N2/c1-3-20(4-2)17-13-14-9-5-8-12-16(14)18(17)19-15-10-6-7-11-15/h5,8-9,12,15,17-19H,3-4,6-7,10-11,13H2,1-2H3. The number of nitrogens with zero attached hydrogens (tertiary/aromatic N) is 1. The number of hydrogen-bond donors (Lipinski definition) is 1. The first-order valence-corrected chi connectivity index (χ1v) is 8.41. The summed E-state index contributed by atoms with van der Waals surface area (Å²) in [7, 11) is 0. The second-order valence-electron chi connectivity index (χ2n) is 6.32. The fourth-order valence-electron chi connectivity index (χ4n) is 4.15. The number of hydrogen-bond acceptors (Lipinski definition) is 2. The van der Waals surface area contributed by atoms with Crippen molar-refractivity contribution < 1.29 is 0 Å². The van der Waals surface area contributed by atoms with Gasteiger partial charge in [0.15, 0.2) is 0 Å². The van der Waals surface area contributed by atoms with Crippen LogP contribution in [-0.4, -0.2) is 30.1 Å². The second-order valence-corrected chi connectivity index (χ2v) is 6.32. The van der Waals surface area contributed by atoms with Crippen LogP contribution in [0.1, 0.15) is 56.7 Å². The van der Waals surface area contributed by atoms with Crippen molar-refractivity contribution >= 4 is 0 Å². The van der Waals surface area contributed by atoms with Crippen molar-refractivity contribution in [2.75, 3.05) is 13.1 Å². The average Bonchev–Trinajstić information content (AvgIpc) is 3.10. The van der Waals surface area contributed by atoms with Crippen molar-refractivity contribution in [1.29, 1.82) is 0 Å². The Balaban J connectivity index is 1.83. The first-order chi connectivity index (χ1) is 9.83. The lowest BCUT2D eigenvalue weighted by Crippen LogP contribution is -2.45. The highest BCUT2D eigenvalue weighted by Gasteiger charge is 2.36. The van der Waals surface area contributed by atoms with Gasteiger partial charge < -0.3 is 5.32 Å². The summed E-state index contributed by atoms with van der Waals surface area (Å²) in [5.41, 5.74) is 3.11. The molecule has 0 bridgehead atoms. The summed E-state index contributed by atoms with van der Waals surface area (Å²) in [6.07, 6.45) is 6.75. The van der Waals surface area contributed by atoms with E-state index in [1.165, 1.54) is 32.1 Å². The average molecular weight is 272 g/mol. The van der Waals surface area contributed by atoms with Crippen molar-refractivity contribution in [1.82, 2.24) is 10.2 Å². The maximum absolute atomic E-state index is 3.99. The molecule has 110 valence electrons. The smallest absolute Gasteiger partial charge is 0.0486 e. The molecular formula is C18H28N2.